The predicted octanol–water partition coefficient (Wildman–Crippen LogP) is 14.1. The maximum Gasteiger partial charge on any atom is 0.164 e. The third-order valence-corrected chi connectivity index (χ3v) is 12.2. The van der Waals surface area contributed by atoms with E-state index >= 15 is 0 Å². The lowest BCUT2D eigenvalue weighted by Gasteiger charge is -2.22. The molecule has 0 radical (unpaired) electrons. The number of hydrogen-bond acceptors (Lipinski definition) is 4. The van der Waals surface area contributed by atoms with Gasteiger partial charge in [0.1, 0.15) is 11.2 Å². The molecule has 3 aromatic heterocycles. The Bertz CT molecular complexity index is 3310. The number of para-hydroxylation sites is 2. The second kappa shape index (κ2) is 13.7. The van der Waals surface area contributed by atoms with Gasteiger partial charge in [0.2, 0.25) is 0 Å². The van der Waals surface area contributed by atoms with E-state index in [4.69, 9.17) is 19.4 Å². The first-order chi connectivity index (χ1) is 29.3. The minimum atomic E-state index is -0.183. The van der Waals surface area contributed by atoms with Gasteiger partial charge in [-0.3, -0.25) is 0 Å². The topological polar surface area (TPSA) is 56.7 Å². The van der Waals surface area contributed by atoms with Gasteiger partial charge in [-0.15, -0.1) is 0 Å². The Morgan fingerprint density at radius 3 is 1.87 bits per heavy atom. The van der Waals surface area contributed by atoms with Crippen LogP contribution in [0.25, 0.3) is 95.5 Å². The Balaban J connectivity index is 1.04. The van der Waals surface area contributed by atoms with E-state index in [9.17, 15) is 0 Å². The van der Waals surface area contributed by atoms with Gasteiger partial charge in [-0.05, 0) is 76.7 Å². The average molecular weight is 773 g/mol. The number of hydrogen-bond donors (Lipinski definition) is 0. The fraction of sp³-hybridized carbons (Fsp3) is 0.0727. The molecular formula is C55H40N4O. The summed E-state index contributed by atoms with van der Waals surface area (Å²) in [6.07, 6.45) is 2.37. The number of fused-ring (bicyclic) bond motifs is 5. The Hall–Kier alpha value is -7.63. The summed E-state index contributed by atoms with van der Waals surface area (Å²) < 4.78 is 9.16. The predicted molar refractivity (Wildman–Crippen MR) is 247 cm³/mol. The number of rotatable bonds is 6. The molecule has 0 fully saturated rings. The summed E-state index contributed by atoms with van der Waals surface area (Å²) in [6, 6.07) is 58.9. The van der Waals surface area contributed by atoms with Crippen LogP contribution in [-0.2, 0) is 5.41 Å². The van der Waals surface area contributed by atoms with Crippen LogP contribution in [0.4, 0.5) is 0 Å². The Labute approximate surface area is 348 Å². The van der Waals surface area contributed by atoms with Gasteiger partial charge in [0, 0.05) is 49.5 Å². The van der Waals surface area contributed by atoms with Crippen molar-refractivity contribution in [1.29, 1.82) is 0 Å². The molecule has 11 rings (SSSR count). The van der Waals surface area contributed by atoms with Gasteiger partial charge in [0.15, 0.2) is 17.5 Å². The van der Waals surface area contributed by atoms with Crippen LogP contribution in [0.2, 0.25) is 0 Å². The Kier molecular flexibility index (Phi) is 8.14. The molecule has 10 aromatic rings. The molecule has 0 spiro atoms. The summed E-state index contributed by atoms with van der Waals surface area (Å²) >= 11 is 0. The van der Waals surface area contributed by atoms with Crippen LogP contribution >= 0.6 is 0 Å². The molecule has 60 heavy (non-hydrogen) atoms. The Morgan fingerprint density at radius 1 is 0.550 bits per heavy atom. The number of allylic oxidation sites excluding steroid dienone is 2. The van der Waals surface area contributed by atoms with Gasteiger partial charge in [0.25, 0.3) is 0 Å². The van der Waals surface area contributed by atoms with Crippen molar-refractivity contribution in [2.75, 3.05) is 0 Å². The lowest BCUT2D eigenvalue weighted by molar-refractivity contribution is 0.664. The van der Waals surface area contributed by atoms with E-state index in [0.717, 1.165) is 72.2 Å². The van der Waals surface area contributed by atoms with E-state index in [1.807, 2.05) is 60.7 Å². The van der Waals surface area contributed by atoms with E-state index in [2.05, 4.69) is 147 Å². The van der Waals surface area contributed by atoms with Crippen LogP contribution in [0.15, 0.2) is 186 Å². The Morgan fingerprint density at radius 2 is 1.13 bits per heavy atom. The summed E-state index contributed by atoms with van der Waals surface area (Å²) in [7, 11) is 0. The molecule has 5 heteroatoms. The molecule has 1 aliphatic carbocycles. The second-order valence-corrected chi connectivity index (χ2v) is 16.2. The molecule has 7 aromatic carbocycles. The molecule has 0 atom stereocenters. The average Bonchev–Trinajstić information content (AvgIpc) is 3.88. The van der Waals surface area contributed by atoms with Crippen LogP contribution in [-0.4, -0.2) is 19.5 Å². The number of aryl methyl sites for hydroxylation is 1. The highest BCUT2D eigenvalue weighted by Crippen LogP contribution is 2.50. The highest BCUT2D eigenvalue weighted by atomic mass is 16.3. The van der Waals surface area contributed by atoms with Crippen molar-refractivity contribution < 1.29 is 4.42 Å². The molecular weight excluding hydrogens is 733 g/mol. The molecule has 3 heterocycles. The molecule has 0 N–H and O–H groups in total. The van der Waals surface area contributed by atoms with E-state index in [1.54, 1.807) is 0 Å². The standard InChI is InChI=1S/C55H40N4O/c1-34-41-23-11-13-27-46(41)55(3,4)47(34)33-49-35(2)42-24-12-14-28-48(42)59(49)40-29-30-50-45(32-40)44-26-16-25-43(51(44)60-50)38-21-15-22-39(31-38)54-57-52(36-17-7-5-8-18-36)56-53(58-54)37-19-9-6-10-20-37/h5-33H,1H2,2-4H3/b47-33+. The first-order valence-electron chi connectivity index (χ1n) is 20.4. The molecule has 0 amide bonds. The van der Waals surface area contributed by atoms with E-state index < -0.39 is 0 Å². The van der Waals surface area contributed by atoms with Gasteiger partial charge < -0.3 is 8.98 Å². The summed E-state index contributed by atoms with van der Waals surface area (Å²) in [4.78, 5) is 14.9. The molecule has 0 saturated heterocycles. The van der Waals surface area contributed by atoms with Crippen molar-refractivity contribution in [2.45, 2.75) is 26.2 Å². The molecule has 0 saturated carbocycles. The van der Waals surface area contributed by atoms with Crippen molar-refractivity contribution in [1.82, 2.24) is 19.5 Å². The van der Waals surface area contributed by atoms with Crippen LogP contribution in [0, 0.1) is 6.92 Å². The van der Waals surface area contributed by atoms with Gasteiger partial charge in [0.05, 0.1) is 11.2 Å². The van der Waals surface area contributed by atoms with Crippen LogP contribution < -0.4 is 0 Å². The zero-order chi connectivity index (χ0) is 40.5. The number of benzene rings is 7. The highest BCUT2D eigenvalue weighted by molar-refractivity contribution is 6.10. The molecule has 0 unspecified atom stereocenters. The number of furan rings is 1. The number of aromatic nitrogens is 4. The van der Waals surface area contributed by atoms with Gasteiger partial charge in [-0.2, -0.15) is 0 Å². The van der Waals surface area contributed by atoms with Crippen molar-refractivity contribution in [3.05, 3.63) is 204 Å². The smallest absolute Gasteiger partial charge is 0.164 e. The first-order valence-corrected chi connectivity index (χ1v) is 20.4. The summed E-state index contributed by atoms with van der Waals surface area (Å²) in [5.41, 5.74) is 15.8. The largest absolute Gasteiger partial charge is 0.455 e. The van der Waals surface area contributed by atoms with Gasteiger partial charge >= 0.3 is 0 Å². The summed E-state index contributed by atoms with van der Waals surface area (Å²) in [5, 5.41) is 3.35. The minimum absolute atomic E-state index is 0.183. The summed E-state index contributed by atoms with van der Waals surface area (Å²) in [6.45, 7) is 11.5. The monoisotopic (exact) mass is 772 g/mol. The van der Waals surface area contributed by atoms with Crippen molar-refractivity contribution >= 4 is 44.5 Å². The van der Waals surface area contributed by atoms with Crippen molar-refractivity contribution in [2.24, 2.45) is 0 Å². The SMILES string of the molecule is C=C1/C(=C\c2c(C)c3ccccc3n2-c2ccc3oc4c(-c5cccc(-c6nc(-c7ccccc7)nc(-c7ccccc7)n6)c5)cccc4c3c2)C(C)(C)c2ccccc21. The van der Waals surface area contributed by atoms with E-state index in [1.165, 1.54) is 27.6 Å². The lowest BCUT2D eigenvalue weighted by atomic mass is 9.81. The van der Waals surface area contributed by atoms with E-state index in [-0.39, 0.29) is 5.41 Å². The normalized spacial score (nSPS) is 14.1. The maximum absolute atomic E-state index is 6.76. The third kappa shape index (κ3) is 5.65. The first kappa shape index (κ1) is 35.5. The van der Waals surface area contributed by atoms with Gasteiger partial charge in [-0.1, -0.05) is 160 Å². The fourth-order valence-electron chi connectivity index (χ4n) is 9.15. The van der Waals surface area contributed by atoms with Crippen LogP contribution in [0.1, 0.15) is 36.2 Å². The highest BCUT2D eigenvalue weighted by Gasteiger charge is 2.37. The zero-order valence-corrected chi connectivity index (χ0v) is 33.6. The quantitative estimate of drug-likeness (QED) is 0.169. The minimum Gasteiger partial charge on any atom is -0.455 e. The maximum atomic E-state index is 6.76. The molecule has 5 nitrogen and oxygen atoms in total. The fourth-order valence-corrected chi connectivity index (χ4v) is 9.15. The van der Waals surface area contributed by atoms with Crippen molar-refractivity contribution in [3.63, 3.8) is 0 Å². The van der Waals surface area contributed by atoms with Crippen molar-refractivity contribution in [3.8, 4) is 51.0 Å². The number of nitrogens with zero attached hydrogens (tertiary/aromatic N) is 4. The molecule has 0 aliphatic heterocycles. The van der Waals surface area contributed by atoms with Crippen LogP contribution in [0.3, 0.4) is 0 Å². The summed E-state index contributed by atoms with van der Waals surface area (Å²) in [5.74, 6) is 1.87. The van der Waals surface area contributed by atoms with Gasteiger partial charge in [-0.25, -0.2) is 15.0 Å². The zero-order valence-electron chi connectivity index (χ0n) is 33.6. The molecule has 286 valence electrons. The molecule has 0 bridgehead atoms. The lowest BCUT2D eigenvalue weighted by Crippen LogP contribution is -2.15. The second-order valence-electron chi connectivity index (χ2n) is 16.2. The third-order valence-electron chi connectivity index (χ3n) is 12.2. The molecule has 1 aliphatic rings. The van der Waals surface area contributed by atoms with E-state index in [0.29, 0.717) is 17.5 Å². The van der Waals surface area contributed by atoms with Crippen LogP contribution in [0.5, 0.6) is 0 Å².